The predicted octanol–water partition coefficient (Wildman–Crippen LogP) is -2.19. The molecule has 0 saturated carbocycles. The van der Waals surface area contributed by atoms with Gasteiger partial charge in [-0.15, -0.1) is 0 Å². The van der Waals surface area contributed by atoms with Crippen LogP contribution in [-0.2, 0) is 4.79 Å². The standard InChI is InChI=1S/C6H15N3O2/c1-6(10)2-5-9(11)8-4-3-7/h8-9H,2-5,7H2,1H3. The lowest BCUT2D eigenvalue weighted by molar-refractivity contribution is -0.895. The molecule has 0 amide bonds. The molecule has 0 aliphatic carbocycles. The highest BCUT2D eigenvalue weighted by Gasteiger charge is 1.98. The molecule has 0 fully saturated rings. The van der Waals surface area contributed by atoms with Crippen LogP contribution in [0.25, 0.3) is 0 Å². The second-order valence-electron chi connectivity index (χ2n) is 2.34. The van der Waals surface area contributed by atoms with E-state index in [-0.39, 0.29) is 17.5 Å². The number of carbonyl (C=O) groups excluding carboxylic acids is 1. The van der Waals surface area contributed by atoms with E-state index in [1.165, 1.54) is 6.92 Å². The summed E-state index contributed by atoms with van der Waals surface area (Å²) in [4.78, 5) is 10.4. The largest absolute Gasteiger partial charge is 0.613 e. The smallest absolute Gasteiger partial charge is 0.135 e. The molecule has 4 N–H and O–H groups in total. The Morgan fingerprint density at radius 3 is 2.82 bits per heavy atom. The molecule has 0 aromatic heterocycles. The van der Waals surface area contributed by atoms with E-state index in [0.29, 0.717) is 19.5 Å². The lowest BCUT2D eigenvalue weighted by Crippen LogP contribution is -3.14. The molecule has 11 heavy (non-hydrogen) atoms. The van der Waals surface area contributed by atoms with E-state index in [2.05, 4.69) is 5.43 Å². The molecule has 1 atom stereocenters. The van der Waals surface area contributed by atoms with Gasteiger partial charge in [0.05, 0.1) is 13.0 Å². The minimum Gasteiger partial charge on any atom is -0.613 e. The van der Waals surface area contributed by atoms with Gasteiger partial charge in [0.1, 0.15) is 12.3 Å². The molecule has 0 rings (SSSR count). The van der Waals surface area contributed by atoms with Gasteiger partial charge in [0.15, 0.2) is 0 Å². The average molecular weight is 161 g/mol. The Labute approximate surface area is 66.1 Å². The number of quaternary nitrogens is 1. The van der Waals surface area contributed by atoms with Crippen LogP contribution in [0.5, 0.6) is 0 Å². The van der Waals surface area contributed by atoms with Crippen LogP contribution in [0.2, 0.25) is 0 Å². The second kappa shape index (κ2) is 6.23. The van der Waals surface area contributed by atoms with E-state index < -0.39 is 0 Å². The SMILES string of the molecule is CC(=O)CC[NH+]([O-])NCCN. The Kier molecular flexibility index (Phi) is 5.96. The van der Waals surface area contributed by atoms with Crippen molar-refractivity contribution in [2.24, 2.45) is 5.73 Å². The van der Waals surface area contributed by atoms with Crippen LogP contribution in [0, 0.1) is 5.21 Å². The first-order valence-corrected chi connectivity index (χ1v) is 3.63. The molecule has 0 saturated heterocycles. The first-order chi connectivity index (χ1) is 5.16. The highest BCUT2D eigenvalue weighted by atomic mass is 16.5. The third kappa shape index (κ3) is 7.41. The maximum atomic E-state index is 10.8. The summed E-state index contributed by atoms with van der Waals surface area (Å²) in [5.74, 6) is 0.0351. The van der Waals surface area contributed by atoms with Crippen molar-refractivity contribution >= 4 is 5.78 Å². The summed E-state index contributed by atoms with van der Waals surface area (Å²) in [6.45, 7) is 2.66. The number of hydroxylamine groups is 1. The summed E-state index contributed by atoms with van der Waals surface area (Å²) in [6, 6.07) is 0. The normalized spacial score (nSPS) is 13.0. The average Bonchev–Trinajstić information content (AvgIpc) is 1.97. The number of nitrogens with one attached hydrogen (secondary N) is 2. The lowest BCUT2D eigenvalue weighted by atomic mass is 10.3. The monoisotopic (exact) mass is 161 g/mol. The highest BCUT2D eigenvalue weighted by molar-refractivity contribution is 5.75. The van der Waals surface area contributed by atoms with Gasteiger partial charge >= 0.3 is 0 Å². The Morgan fingerprint density at radius 2 is 2.36 bits per heavy atom. The van der Waals surface area contributed by atoms with E-state index in [4.69, 9.17) is 5.73 Å². The fourth-order valence-corrected chi connectivity index (χ4v) is 0.590. The van der Waals surface area contributed by atoms with Crippen molar-refractivity contribution in [3.05, 3.63) is 5.21 Å². The fourth-order valence-electron chi connectivity index (χ4n) is 0.590. The van der Waals surface area contributed by atoms with Gasteiger partial charge in [0.2, 0.25) is 0 Å². The molecular formula is C6H15N3O2. The topological polar surface area (TPSA) is 82.6 Å². The molecule has 0 heterocycles. The third-order valence-corrected chi connectivity index (χ3v) is 1.17. The van der Waals surface area contributed by atoms with Crippen molar-refractivity contribution in [3.63, 3.8) is 0 Å². The van der Waals surface area contributed by atoms with Gasteiger partial charge < -0.3 is 10.9 Å². The zero-order valence-corrected chi connectivity index (χ0v) is 6.72. The molecule has 66 valence electrons. The number of rotatable bonds is 6. The Morgan fingerprint density at radius 1 is 1.73 bits per heavy atom. The van der Waals surface area contributed by atoms with Gasteiger partial charge in [-0.05, 0) is 6.92 Å². The van der Waals surface area contributed by atoms with Crippen LogP contribution in [0.1, 0.15) is 13.3 Å². The lowest BCUT2D eigenvalue weighted by Gasteiger charge is -2.20. The van der Waals surface area contributed by atoms with E-state index in [0.717, 1.165) is 0 Å². The number of ketones is 1. The molecule has 1 unspecified atom stereocenters. The molecule has 0 spiro atoms. The molecule has 5 heteroatoms. The van der Waals surface area contributed by atoms with Gasteiger partial charge in [0.25, 0.3) is 0 Å². The molecule has 0 aromatic carbocycles. The van der Waals surface area contributed by atoms with E-state index in [1.807, 2.05) is 0 Å². The molecular weight excluding hydrogens is 146 g/mol. The molecule has 5 nitrogen and oxygen atoms in total. The van der Waals surface area contributed by atoms with Crippen molar-refractivity contribution in [1.29, 1.82) is 0 Å². The Hall–Kier alpha value is -0.490. The van der Waals surface area contributed by atoms with Crippen LogP contribution in [0.15, 0.2) is 0 Å². The number of hydrogen-bond donors (Lipinski definition) is 3. The minimum absolute atomic E-state index is 0.0351. The van der Waals surface area contributed by atoms with Gasteiger partial charge in [-0.3, -0.25) is 9.97 Å². The van der Waals surface area contributed by atoms with Crippen molar-refractivity contribution in [2.75, 3.05) is 19.6 Å². The van der Waals surface area contributed by atoms with Gasteiger partial charge in [-0.2, -0.15) is 5.43 Å². The Balaban J connectivity index is 3.22. The third-order valence-electron chi connectivity index (χ3n) is 1.17. The first kappa shape index (κ1) is 10.5. The van der Waals surface area contributed by atoms with Crippen LogP contribution >= 0.6 is 0 Å². The first-order valence-electron chi connectivity index (χ1n) is 3.63. The van der Waals surface area contributed by atoms with Gasteiger partial charge in [0, 0.05) is 6.54 Å². The van der Waals surface area contributed by atoms with Gasteiger partial charge in [-0.25, -0.2) is 0 Å². The summed E-state index contributed by atoms with van der Waals surface area (Å²) in [5, 5.41) is 10.7. The summed E-state index contributed by atoms with van der Waals surface area (Å²) in [7, 11) is 0. The fraction of sp³-hybridized carbons (Fsp3) is 0.833. The molecule has 0 aliphatic rings. The van der Waals surface area contributed by atoms with E-state index >= 15 is 0 Å². The predicted molar refractivity (Wildman–Crippen MR) is 41.6 cm³/mol. The number of hydrogen-bond acceptors (Lipinski definition) is 4. The highest BCUT2D eigenvalue weighted by Crippen LogP contribution is 1.72. The van der Waals surface area contributed by atoms with Crippen molar-refractivity contribution in [2.45, 2.75) is 13.3 Å². The van der Waals surface area contributed by atoms with Crippen LogP contribution in [0.3, 0.4) is 0 Å². The maximum Gasteiger partial charge on any atom is 0.135 e. The number of carbonyl (C=O) groups is 1. The minimum atomic E-state index is -0.106. The summed E-state index contributed by atoms with van der Waals surface area (Å²) < 4.78 is 0. The Bertz CT molecular complexity index is 118. The summed E-state index contributed by atoms with van der Waals surface area (Å²) >= 11 is 0. The van der Waals surface area contributed by atoms with Crippen LogP contribution < -0.4 is 16.3 Å². The zero-order chi connectivity index (χ0) is 8.69. The summed E-state index contributed by atoms with van der Waals surface area (Å²) in [5.41, 5.74) is 7.72. The second-order valence-corrected chi connectivity index (χ2v) is 2.34. The molecule has 0 bridgehead atoms. The molecule has 0 aromatic rings. The van der Waals surface area contributed by atoms with E-state index in [1.54, 1.807) is 0 Å². The molecule has 0 radical (unpaired) electrons. The zero-order valence-electron chi connectivity index (χ0n) is 6.72. The van der Waals surface area contributed by atoms with Crippen LogP contribution in [0.4, 0.5) is 0 Å². The van der Waals surface area contributed by atoms with Crippen molar-refractivity contribution < 1.29 is 9.97 Å². The summed E-state index contributed by atoms with van der Waals surface area (Å²) in [6.07, 6.45) is 0.316. The van der Waals surface area contributed by atoms with Crippen molar-refractivity contribution in [3.8, 4) is 0 Å². The van der Waals surface area contributed by atoms with Crippen molar-refractivity contribution in [1.82, 2.24) is 5.43 Å². The quantitative estimate of drug-likeness (QED) is 0.386. The molecule has 0 aliphatic heterocycles. The van der Waals surface area contributed by atoms with Crippen LogP contribution in [-0.4, -0.2) is 25.4 Å². The number of Topliss-reactive ketones (excluding diaryl/α,β-unsaturated/α-hetero) is 1. The number of nitrogens with two attached hydrogens (primary N) is 1. The van der Waals surface area contributed by atoms with E-state index in [9.17, 15) is 10.0 Å². The maximum absolute atomic E-state index is 10.8. The van der Waals surface area contributed by atoms with Gasteiger partial charge in [-0.1, -0.05) is 0 Å².